The number of ether oxygens (including phenoxy) is 1. The lowest BCUT2D eigenvalue weighted by molar-refractivity contribution is 0.0299. The Bertz CT molecular complexity index is 440. The maximum absolute atomic E-state index is 12.0. The van der Waals surface area contributed by atoms with Gasteiger partial charge in [-0.3, -0.25) is 10.1 Å². The summed E-state index contributed by atoms with van der Waals surface area (Å²) in [7, 11) is 0. The van der Waals surface area contributed by atoms with Crippen LogP contribution < -0.4 is 5.32 Å². The number of amides is 2. The van der Waals surface area contributed by atoms with Crippen molar-refractivity contribution in [2.75, 3.05) is 31.6 Å². The summed E-state index contributed by atoms with van der Waals surface area (Å²) < 4.78 is 5.16. The third-order valence-corrected chi connectivity index (χ3v) is 2.53. The molecule has 2 heterocycles. The molecular formula is C11H13N3O4. The predicted octanol–water partition coefficient (Wildman–Crippen LogP) is 0.644. The molecule has 0 radical (unpaired) electrons. The number of morpholine rings is 1. The van der Waals surface area contributed by atoms with Crippen molar-refractivity contribution in [1.29, 1.82) is 0 Å². The Balaban J connectivity index is 2.04. The van der Waals surface area contributed by atoms with E-state index in [-0.39, 0.29) is 5.91 Å². The van der Waals surface area contributed by atoms with E-state index in [1.807, 2.05) is 0 Å². The average Bonchev–Trinajstić information content (AvgIpc) is 2.39. The molecule has 1 fully saturated rings. The average molecular weight is 251 g/mol. The molecule has 7 nitrogen and oxygen atoms in total. The minimum absolute atomic E-state index is 0.167. The van der Waals surface area contributed by atoms with E-state index in [1.165, 1.54) is 18.3 Å². The highest BCUT2D eigenvalue weighted by molar-refractivity contribution is 5.93. The summed E-state index contributed by atoms with van der Waals surface area (Å²) in [5.41, 5.74) is 0.633. The lowest BCUT2D eigenvalue weighted by Crippen LogP contribution is -2.41. The van der Waals surface area contributed by atoms with Gasteiger partial charge in [-0.1, -0.05) is 0 Å². The van der Waals surface area contributed by atoms with E-state index < -0.39 is 6.09 Å². The van der Waals surface area contributed by atoms with Crippen LogP contribution in [0, 0.1) is 0 Å². The van der Waals surface area contributed by atoms with Crippen LogP contribution in [0.4, 0.5) is 10.5 Å². The molecule has 7 heteroatoms. The molecule has 1 aromatic rings. The van der Waals surface area contributed by atoms with Crippen molar-refractivity contribution in [1.82, 2.24) is 9.88 Å². The quantitative estimate of drug-likeness (QED) is 0.805. The van der Waals surface area contributed by atoms with Gasteiger partial charge >= 0.3 is 6.09 Å². The maximum Gasteiger partial charge on any atom is 0.409 e. The molecule has 1 aliphatic rings. The molecular weight excluding hydrogens is 238 g/mol. The first-order valence-corrected chi connectivity index (χ1v) is 5.50. The lowest BCUT2D eigenvalue weighted by atomic mass is 10.3. The van der Waals surface area contributed by atoms with E-state index in [9.17, 15) is 9.59 Å². The van der Waals surface area contributed by atoms with Crippen molar-refractivity contribution in [2.24, 2.45) is 0 Å². The van der Waals surface area contributed by atoms with Gasteiger partial charge in [0.05, 0.1) is 25.1 Å². The number of pyridine rings is 1. The zero-order valence-corrected chi connectivity index (χ0v) is 9.63. The van der Waals surface area contributed by atoms with Crippen LogP contribution in [-0.2, 0) is 4.74 Å². The third-order valence-electron chi connectivity index (χ3n) is 2.53. The van der Waals surface area contributed by atoms with Crippen LogP contribution >= 0.6 is 0 Å². The number of carboxylic acid groups (broad SMARTS) is 1. The second-order valence-electron chi connectivity index (χ2n) is 3.77. The zero-order chi connectivity index (χ0) is 13.0. The van der Waals surface area contributed by atoms with Gasteiger partial charge in [0.25, 0.3) is 5.91 Å². The number of hydrogen-bond donors (Lipinski definition) is 2. The summed E-state index contributed by atoms with van der Waals surface area (Å²) >= 11 is 0. The number of nitrogens with one attached hydrogen (secondary N) is 1. The van der Waals surface area contributed by atoms with Gasteiger partial charge in [-0.05, 0) is 12.1 Å². The molecule has 0 saturated carbocycles. The van der Waals surface area contributed by atoms with Gasteiger partial charge in [0.1, 0.15) is 5.69 Å². The van der Waals surface area contributed by atoms with Crippen LogP contribution in [0.15, 0.2) is 18.3 Å². The number of carbonyl (C=O) groups excluding carboxylic acids is 1. The van der Waals surface area contributed by atoms with Crippen molar-refractivity contribution >= 4 is 17.7 Å². The largest absolute Gasteiger partial charge is 0.465 e. The summed E-state index contributed by atoms with van der Waals surface area (Å²) in [6.45, 7) is 2.17. The van der Waals surface area contributed by atoms with E-state index in [0.717, 1.165) is 0 Å². The van der Waals surface area contributed by atoms with Crippen molar-refractivity contribution in [3.8, 4) is 0 Å². The highest BCUT2D eigenvalue weighted by Crippen LogP contribution is 2.09. The van der Waals surface area contributed by atoms with Crippen molar-refractivity contribution < 1.29 is 19.4 Å². The van der Waals surface area contributed by atoms with E-state index in [1.54, 1.807) is 4.90 Å². The fourth-order valence-corrected chi connectivity index (χ4v) is 1.65. The Labute approximate surface area is 103 Å². The number of aromatic nitrogens is 1. The number of anilines is 1. The first-order valence-electron chi connectivity index (χ1n) is 5.50. The van der Waals surface area contributed by atoms with Gasteiger partial charge in [0, 0.05) is 13.1 Å². The Hall–Kier alpha value is -2.15. The molecule has 1 aromatic heterocycles. The Morgan fingerprint density at radius 1 is 1.33 bits per heavy atom. The number of rotatable bonds is 2. The minimum Gasteiger partial charge on any atom is -0.465 e. The van der Waals surface area contributed by atoms with Gasteiger partial charge < -0.3 is 14.7 Å². The van der Waals surface area contributed by atoms with Gasteiger partial charge in [-0.25, -0.2) is 9.78 Å². The van der Waals surface area contributed by atoms with E-state index in [0.29, 0.717) is 37.7 Å². The summed E-state index contributed by atoms with van der Waals surface area (Å²) in [5, 5.41) is 10.7. The Morgan fingerprint density at radius 2 is 2.06 bits per heavy atom. The fraction of sp³-hybridized carbons (Fsp3) is 0.364. The SMILES string of the molecule is O=C(O)Nc1ccc(C(=O)N2CCOCC2)nc1. The molecule has 0 bridgehead atoms. The molecule has 96 valence electrons. The standard InChI is InChI=1S/C11H13N3O4/c15-10(14-3-5-18-6-4-14)9-2-1-8(7-12-9)13-11(16)17/h1-2,7,13H,3-6H2,(H,16,17). The summed E-state index contributed by atoms with van der Waals surface area (Å²) in [6, 6.07) is 3.01. The minimum atomic E-state index is -1.16. The smallest absolute Gasteiger partial charge is 0.409 e. The third kappa shape index (κ3) is 2.95. The van der Waals surface area contributed by atoms with Crippen molar-refractivity contribution in [3.05, 3.63) is 24.0 Å². The highest BCUT2D eigenvalue weighted by Gasteiger charge is 2.19. The monoisotopic (exact) mass is 251 g/mol. The van der Waals surface area contributed by atoms with Gasteiger partial charge in [0.15, 0.2) is 0 Å². The van der Waals surface area contributed by atoms with Crippen molar-refractivity contribution in [3.63, 3.8) is 0 Å². The van der Waals surface area contributed by atoms with E-state index in [4.69, 9.17) is 9.84 Å². The second kappa shape index (κ2) is 5.46. The maximum atomic E-state index is 12.0. The van der Waals surface area contributed by atoms with Gasteiger partial charge in [0.2, 0.25) is 0 Å². The van der Waals surface area contributed by atoms with Gasteiger partial charge in [-0.2, -0.15) is 0 Å². The van der Waals surface area contributed by atoms with E-state index in [2.05, 4.69) is 10.3 Å². The molecule has 18 heavy (non-hydrogen) atoms. The highest BCUT2D eigenvalue weighted by atomic mass is 16.5. The summed E-state index contributed by atoms with van der Waals surface area (Å²) in [4.78, 5) is 28.0. The molecule has 2 rings (SSSR count). The zero-order valence-electron chi connectivity index (χ0n) is 9.63. The van der Waals surface area contributed by atoms with Crippen LogP contribution in [0.1, 0.15) is 10.5 Å². The first-order chi connectivity index (χ1) is 8.66. The van der Waals surface area contributed by atoms with Crippen LogP contribution in [-0.4, -0.2) is 53.3 Å². The van der Waals surface area contributed by atoms with Crippen LogP contribution in [0.5, 0.6) is 0 Å². The predicted molar refractivity (Wildman–Crippen MR) is 62.6 cm³/mol. The van der Waals surface area contributed by atoms with Crippen LogP contribution in [0.25, 0.3) is 0 Å². The molecule has 0 atom stereocenters. The van der Waals surface area contributed by atoms with Crippen molar-refractivity contribution in [2.45, 2.75) is 0 Å². The number of carbonyl (C=O) groups is 2. The Morgan fingerprint density at radius 3 is 2.61 bits per heavy atom. The van der Waals surface area contributed by atoms with E-state index >= 15 is 0 Å². The number of nitrogens with zero attached hydrogens (tertiary/aromatic N) is 2. The fourth-order valence-electron chi connectivity index (χ4n) is 1.65. The molecule has 0 aliphatic carbocycles. The molecule has 0 spiro atoms. The van der Waals surface area contributed by atoms with Crippen LogP contribution in [0.3, 0.4) is 0 Å². The molecule has 1 aliphatic heterocycles. The first kappa shape index (κ1) is 12.3. The molecule has 2 N–H and O–H groups in total. The number of hydrogen-bond acceptors (Lipinski definition) is 4. The molecule has 1 saturated heterocycles. The molecule has 0 aromatic carbocycles. The molecule has 2 amide bonds. The normalized spacial score (nSPS) is 15.2. The second-order valence-corrected chi connectivity index (χ2v) is 3.77. The Kier molecular flexibility index (Phi) is 3.73. The lowest BCUT2D eigenvalue weighted by Gasteiger charge is -2.26. The van der Waals surface area contributed by atoms with Crippen LogP contribution in [0.2, 0.25) is 0 Å². The molecule has 0 unspecified atom stereocenters. The summed E-state index contributed by atoms with van der Waals surface area (Å²) in [5.74, 6) is -0.167. The topological polar surface area (TPSA) is 91.8 Å². The van der Waals surface area contributed by atoms with Gasteiger partial charge in [-0.15, -0.1) is 0 Å². The summed E-state index contributed by atoms with van der Waals surface area (Å²) in [6.07, 6.45) is 0.158.